The topological polar surface area (TPSA) is 79.4 Å². The van der Waals surface area contributed by atoms with Crippen molar-refractivity contribution in [3.63, 3.8) is 0 Å². The van der Waals surface area contributed by atoms with Crippen LogP contribution in [0.2, 0.25) is 0 Å². The van der Waals surface area contributed by atoms with Gasteiger partial charge in [-0.3, -0.25) is 9.78 Å². The van der Waals surface area contributed by atoms with E-state index in [2.05, 4.69) is 10.3 Å². The molecule has 0 bridgehead atoms. The van der Waals surface area contributed by atoms with Gasteiger partial charge in [0, 0.05) is 12.7 Å². The number of carbonyl (C=O) groups excluding carboxylic acids is 1. The molecule has 1 aliphatic heterocycles. The third-order valence-corrected chi connectivity index (χ3v) is 7.65. The number of halogens is 4. The summed E-state index contributed by atoms with van der Waals surface area (Å²) in [7, 11) is -3.98. The van der Waals surface area contributed by atoms with Crippen molar-refractivity contribution >= 4 is 15.9 Å². The second kappa shape index (κ2) is 9.74. The molecule has 1 fully saturated rings. The van der Waals surface area contributed by atoms with Gasteiger partial charge in [-0.15, -0.1) is 0 Å². The molecule has 0 unspecified atom stereocenters. The fraction of sp³-hybridized carbons (Fsp3) is 0.250. The van der Waals surface area contributed by atoms with Gasteiger partial charge < -0.3 is 5.32 Å². The normalized spacial score (nSPS) is 16.9. The summed E-state index contributed by atoms with van der Waals surface area (Å²) in [6, 6.07) is 11.5. The maximum absolute atomic E-state index is 13.2. The van der Waals surface area contributed by atoms with Gasteiger partial charge in [0.05, 0.1) is 22.7 Å². The Kier molecular flexibility index (Phi) is 6.91. The number of hydrogen-bond acceptors (Lipinski definition) is 4. The first-order chi connectivity index (χ1) is 16.6. The number of hydrogen-bond donors (Lipinski definition) is 1. The molecule has 1 aliphatic rings. The summed E-state index contributed by atoms with van der Waals surface area (Å²) in [6.45, 7) is 0.174. The minimum Gasteiger partial charge on any atom is -0.349 e. The zero-order valence-electron chi connectivity index (χ0n) is 18.3. The Bertz CT molecular complexity index is 1310. The highest BCUT2D eigenvalue weighted by Crippen LogP contribution is 2.31. The van der Waals surface area contributed by atoms with Crippen LogP contribution >= 0.6 is 0 Å². The molecular formula is C24H21F4N3O3S. The third-order valence-electron chi connectivity index (χ3n) is 5.73. The maximum atomic E-state index is 13.2. The SMILES string of the molecule is O=C(NCc1cc(-c2ccc(C(F)(F)F)cc2)ccn1)[C@@H]1CCCN1S(=O)(=O)c1ccc(F)cc1. The Balaban J connectivity index is 1.44. The van der Waals surface area contributed by atoms with E-state index in [9.17, 15) is 30.8 Å². The number of aromatic nitrogens is 1. The lowest BCUT2D eigenvalue weighted by Crippen LogP contribution is -2.45. The number of carbonyl (C=O) groups is 1. The predicted octanol–water partition coefficient (Wildman–Crippen LogP) is 4.38. The predicted molar refractivity (Wildman–Crippen MR) is 120 cm³/mol. The van der Waals surface area contributed by atoms with E-state index in [1.807, 2.05) is 0 Å². The second-order valence-corrected chi connectivity index (χ2v) is 9.95. The van der Waals surface area contributed by atoms with Crippen molar-refractivity contribution in [2.45, 2.75) is 36.5 Å². The molecule has 1 amide bonds. The molecule has 1 saturated heterocycles. The summed E-state index contributed by atoms with van der Waals surface area (Å²) in [5.41, 5.74) is 0.890. The molecule has 0 saturated carbocycles. The van der Waals surface area contributed by atoms with Gasteiger partial charge in [-0.1, -0.05) is 12.1 Å². The highest BCUT2D eigenvalue weighted by atomic mass is 32.2. The molecule has 6 nitrogen and oxygen atoms in total. The summed E-state index contributed by atoms with van der Waals surface area (Å²) in [4.78, 5) is 16.9. The zero-order chi connectivity index (χ0) is 25.2. The number of nitrogens with zero attached hydrogens (tertiary/aromatic N) is 2. The Morgan fingerprint density at radius 2 is 1.71 bits per heavy atom. The van der Waals surface area contributed by atoms with Gasteiger partial charge in [0.25, 0.3) is 0 Å². The molecule has 1 N–H and O–H groups in total. The number of benzene rings is 2. The largest absolute Gasteiger partial charge is 0.416 e. The molecule has 0 spiro atoms. The maximum Gasteiger partial charge on any atom is 0.416 e. The average Bonchev–Trinajstić information content (AvgIpc) is 3.34. The van der Waals surface area contributed by atoms with Gasteiger partial charge in [-0.05, 0) is 72.5 Å². The van der Waals surface area contributed by atoms with Crippen molar-refractivity contribution in [2.24, 2.45) is 0 Å². The van der Waals surface area contributed by atoms with Crippen LogP contribution in [0.15, 0.2) is 71.8 Å². The summed E-state index contributed by atoms with van der Waals surface area (Å²) >= 11 is 0. The van der Waals surface area contributed by atoms with Crippen molar-refractivity contribution in [3.05, 3.63) is 83.9 Å². The number of sulfonamides is 1. The van der Waals surface area contributed by atoms with Crippen molar-refractivity contribution in [3.8, 4) is 11.1 Å². The summed E-state index contributed by atoms with van der Waals surface area (Å²) in [6.07, 6.45) is -2.11. The highest BCUT2D eigenvalue weighted by molar-refractivity contribution is 7.89. The first-order valence-corrected chi connectivity index (χ1v) is 12.2. The molecule has 3 aromatic rings. The molecular weight excluding hydrogens is 486 g/mol. The van der Waals surface area contributed by atoms with Crippen LogP contribution in [0.5, 0.6) is 0 Å². The minimum atomic E-state index is -4.43. The molecule has 0 aliphatic carbocycles. The van der Waals surface area contributed by atoms with Crippen LogP contribution in [0.25, 0.3) is 11.1 Å². The van der Waals surface area contributed by atoms with E-state index in [1.165, 1.54) is 18.3 Å². The number of pyridine rings is 1. The van der Waals surface area contributed by atoms with E-state index < -0.39 is 39.5 Å². The van der Waals surface area contributed by atoms with Crippen LogP contribution in [-0.2, 0) is 27.5 Å². The van der Waals surface area contributed by atoms with E-state index in [0.29, 0.717) is 29.7 Å². The molecule has 0 radical (unpaired) electrons. The molecule has 2 heterocycles. The van der Waals surface area contributed by atoms with Gasteiger partial charge in [-0.2, -0.15) is 17.5 Å². The molecule has 11 heteroatoms. The van der Waals surface area contributed by atoms with Crippen molar-refractivity contribution in [1.82, 2.24) is 14.6 Å². The lowest BCUT2D eigenvalue weighted by atomic mass is 10.0. The molecule has 1 atom stereocenters. The molecule has 2 aromatic carbocycles. The van der Waals surface area contributed by atoms with Crippen LogP contribution in [0, 0.1) is 5.82 Å². The molecule has 4 rings (SSSR count). The van der Waals surface area contributed by atoms with Crippen molar-refractivity contribution in [2.75, 3.05) is 6.54 Å². The quantitative estimate of drug-likeness (QED) is 0.503. The first kappa shape index (κ1) is 24.8. The van der Waals surface area contributed by atoms with Crippen LogP contribution in [-0.4, -0.2) is 36.2 Å². The average molecular weight is 508 g/mol. The van der Waals surface area contributed by atoms with E-state index in [1.54, 1.807) is 12.1 Å². The van der Waals surface area contributed by atoms with Crippen LogP contribution in [0.3, 0.4) is 0 Å². The van der Waals surface area contributed by atoms with E-state index in [-0.39, 0.29) is 18.0 Å². The first-order valence-electron chi connectivity index (χ1n) is 10.7. The van der Waals surface area contributed by atoms with Gasteiger partial charge >= 0.3 is 6.18 Å². The van der Waals surface area contributed by atoms with E-state index in [0.717, 1.165) is 40.7 Å². The third kappa shape index (κ3) is 5.51. The Morgan fingerprint density at radius 1 is 1.03 bits per heavy atom. The van der Waals surface area contributed by atoms with Crippen LogP contribution < -0.4 is 5.32 Å². The lowest BCUT2D eigenvalue weighted by Gasteiger charge is -2.23. The summed E-state index contributed by atoms with van der Waals surface area (Å²) < 4.78 is 78.6. The fourth-order valence-corrected chi connectivity index (χ4v) is 5.59. The van der Waals surface area contributed by atoms with Crippen molar-refractivity contribution < 1.29 is 30.8 Å². The van der Waals surface area contributed by atoms with Crippen LogP contribution in [0.1, 0.15) is 24.1 Å². The van der Waals surface area contributed by atoms with Gasteiger partial charge in [0.15, 0.2) is 0 Å². The van der Waals surface area contributed by atoms with Gasteiger partial charge in [-0.25, -0.2) is 12.8 Å². The van der Waals surface area contributed by atoms with Gasteiger partial charge in [0.1, 0.15) is 11.9 Å². The molecule has 184 valence electrons. The minimum absolute atomic E-state index is 0.00818. The smallest absolute Gasteiger partial charge is 0.349 e. The van der Waals surface area contributed by atoms with E-state index in [4.69, 9.17) is 0 Å². The Morgan fingerprint density at radius 3 is 2.37 bits per heavy atom. The monoisotopic (exact) mass is 507 g/mol. The summed E-state index contributed by atoms with van der Waals surface area (Å²) in [5.74, 6) is -1.05. The molecule has 1 aromatic heterocycles. The highest BCUT2D eigenvalue weighted by Gasteiger charge is 2.39. The zero-order valence-corrected chi connectivity index (χ0v) is 19.1. The number of alkyl halides is 3. The number of amides is 1. The lowest BCUT2D eigenvalue weighted by molar-refractivity contribution is -0.137. The second-order valence-electron chi connectivity index (χ2n) is 8.06. The number of nitrogens with one attached hydrogen (secondary N) is 1. The standard InChI is InChI=1S/C24H21F4N3O3S/c25-19-7-9-21(10-8-19)35(33,34)31-13-1-2-22(31)23(32)30-15-20-14-17(11-12-29-20)16-3-5-18(6-4-16)24(26,27)28/h3-12,14,22H,1-2,13,15H2,(H,30,32)/t22-/m0/s1. The Hall–Kier alpha value is -3.31. The molecule has 35 heavy (non-hydrogen) atoms. The van der Waals surface area contributed by atoms with E-state index >= 15 is 0 Å². The van der Waals surface area contributed by atoms with Crippen LogP contribution in [0.4, 0.5) is 17.6 Å². The fourth-order valence-electron chi connectivity index (χ4n) is 3.93. The van der Waals surface area contributed by atoms with Gasteiger partial charge in [0.2, 0.25) is 15.9 Å². The summed E-state index contributed by atoms with van der Waals surface area (Å²) in [5, 5.41) is 2.69. The number of rotatable bonds is 6. The Labute approximate surface area is 199 Å². The van der Waals surface area contributed by atoms with Crippen molar-refractivity contribution in [1.29, 1.82) is 0 Å².